The number of rotatable bonds is 4. The van der Waals surface area contributed by atoms with E-state index in [1.54, 1.807) is 26.1 Å². The molecule has 20 heavy (non-hydrogen) atoms. The Morgan fingerprint density at radius 2 is 2.00 bits per heavy atom. The van der Waals surface area contributed by atoms with E-state index < -0.39 is 0 Å². The fourth-order valence-electron chi connectivity index (χ4n) is 1.79. The number of nitrogens with zero attached hydrogens (tertiary/aromatic N) is 2. The van der Waals surface area contributed by atoms with Gasteiger partial charge in [0.1, 0.15) is 23.2 Å². The van der Waals surface area contributed by atoms with Gasteiger partial charge >= 0.3 is 0 Å². The maximum atomic E-state index is 13.5. The number of aromatic nitrogens is 2. The van der Waals surface area contributed by atoms with Gasteiger partial charge in [0.25, 0.3) is 0 Å². The number of hydrogen-bond acceptors (Lipinski definition) is 4. The Bertz CT molecular complexity index is 629. The molecule has 0 unspecified atom stereocenters. The maximum absolute atomic E-state index is 13.5. The smallest absolute Gasteiger partial charge is 0.227 e. The predicted octanol–water partition coefficient (Wildman–Crippen LogP) is 3.63. The predicted molar refractivity (Wildman–Crippen MR) is 76.9 cm³/mol. The summed E-state index contributed by atoms with van der Waals surface area (Å²) in [5.74, 6) is 1.99. The highest BCUT2D eigenvalue weighted by Crippen LogP contribution is 2.28. The number of anilines is 1. The third-order valence-electron chi connectivity index (χ3n) is 3.06. The van der Waals surface area contributed by atoms with Crippen LogP contribution in [0.25, 0.3) is 0 Å². The van der Waals surface area contributed by atoms with Crippen molar-refractivity contribution in [2.45, 2.75) is 27.2 Å². The zero-order chi connectivity index (χ0) is 14.7. The van der Waals surface area contributed by atoms with Crippen molar-refractivity contribution in [3.8, 4) is 11.6 Å². The van der Waals surface area contributed by atoms with Gasteiger partial charge in [-0.2, -0.15) is 4.98 Å². The lowest BCUT2D eigenvalue weighted by molar-refractivity contribution is 0.450. The average Bonchev–Trinajstić information content (AvgIpc) is 2.45. The molecule has 106 valence electrons. The molecule has 0 amide bonds. The zero-order valence-electron chi connectivity index (χ0n) is 12.1. The number of ether oxygens (including phenoxy) is 1. The van der Waals surface area contributed by atoms with Crippen molar-refractivity contribution in [2.75, 3.05) is 12.4 Å². The van der Waals surface area contributed by atoms with Gasteiger partial charge in [-0.05, 0) is 25.5 Å². The molecule has 0 fully saturated rings. The zero-order valence-corrected chi connectivity index (χ0v) is 12.1. The normalized spacial score (nSPS) is 10.4. The first-order valence-corrected chi connectivity index (χ1v) is 6.54. The van der Waals surface area contributed by atoms with Gasteiger partial charge in [-0.25, -0.2) is 9.37 Å². The van der Waals surface area contributed by atoms with E-state index in [1.807, 2.05) is 13.8 Å². The molecule has 2 rings (SSSR count). The van der Waals surface area contributed by atoms with Gasteiger partial charge in [-0.3, -0.25) is 0 Å². The van der Waals surface area contributed by atoms with Gasteiger partial charge in [-0.15, -0.1) is 0 Å². The summed E-state index contributed by atoms with van der Waals surface area (Å²) in [6, 6.07) is 4.77. The quantitative estimate of drug-likeness (QED) is 0.925. The van der Waals surface area contributed by atoms with Gasteiger partial charge in [0, 0.05) is 19.5 Å². The molecule has 4 nitrogen and oxygen atoms in total. The molecular formula is C15H18FN3O. The van der Waals surface area contributed by atoms with Crippen LogP contribution in [0.3, 0.4) is 0 Å². The molecule has 1 heterocycles. The minimum Gasteiger partial charge on any atom is -0.438 e. The lowest BCUT2D eigenvalue weighted by atomic mass is 10.2. The van der Waals surface area contributed by atoms with Crippen LogP contribution in [0.4, 0.5) is 10.2 Å². The van der Waals surface area contributed by atoms with E-state index in [0.29, 0.717) is 29.4 Å². The summed E-state index contributed by atoms with van der Waals surface area (Å²) >= 11 is 0. The second-order valence-electron chi connectivity index (χ2n) is 4.54. The molecule has 0 radical (unpaired) electrons. The first kappa shape index (κ1) is 14.2. The summed E-state index contributed by atoms with van der Waals surface area (Å²) in [4.78, 5) is 8.72. The van der Waals surface area contributed by atoms with Gasteiger partial charge in [0.15, 0.2) is 0 Å². The fourth-order valence-corrected chi connectivity index (χ4v) is 1.79. The van der Waals surface area contributed by atoms with Gasteiger partial charge in [0.05, 0.1) is 5.56 Å². The minimum atomic E-state index is -0.293. The fraction of sp³-hybridized carbons (Fsp3) is 0.333. The number of halogens is 1. The standard InChI is InChI=1S/C15H18FN3O/c1-5-13-18-14(17-4)10(3)15(19-13)20-11-7-6-9(2)12(16)8-11/h6-8H,5H2,1-4H3,(H,17,18,19). The van der Waals surface area contributed by atoms with Crippen LogP contribution in [0.5, 0.6) is 11.6 Å². The molecule has 1 aromatic carbocycles. The van der Waals surface area contributed by atoms with Gasteiger partial charge < -0.3 is 10.1 Å². The van der Waals surface area contributed by atoms with E-state index >= 15 is 0 Å². The first-order chi connectivity index (χ1) is 9.55. The molecule has 0 aliphatic rings. The summed E-state index contributed by atoms with van der Waals surface area (Å²) in [7, 11) is 1.80. The van der Waals surface area contributed by atoms with E-state index in [2.05, 4.69) is 15.3 Å². The molecular weight excluding hydrogens is 257 g/mol. The van der Waals surface area contributed by atoms with Crippen molar-refractivity contribution in [1.82, 2.24) is 9.97 Å². The third kappa shape index (κ3) is 2.87. The molecule has 5 heteroatoms. The summed E-state index contributed by atoms with van der Waals surface area (Å²) < 4.78 is 19.2. The van der Waals surface area contributed by atoms with Crippen LogP contribution >= 0.6 is 0 Å². The summed E-state index contributed by atoms with van der Waals surface area (Å²) in [5, 5.41) is 3.01. The van der Waals surface area contributed by atoms with Crippen LogP contribution in [-0.4, -0.2) is 17.0 Å². The molecule has 0 bridgehead atoms. The lowest BCUT2D eigenvalue weighted by Gasteiger charge is -2.12. The van der Waals surface area contributed by atoms with E-state index in [-0.39, 0.29) is 5.82 Å². The van der Waals surface area contributed by atoms with Crippen LogP contribution in [-0.2, 0) is 6.42 Å². The Kier molecular flexibility index (Phi) is 4.17. The Morgan fingerprint density at radius 1 is 1.25 bits per heavy atom. The maximum Gasteiger partial charge on any atom is 0.227 e. The SMILES string of the molecule is CCc1nc(NC)c(C)c(Oc2ccc(C)c(F)c2)n1. The number of hydrogen-bond donors (Lipinski definition) is 1. The lowest BCUT2D eigenvalue weighted by Crippen LogP contribution is -2.04. The summed E-state index contributed by atoms with van der Waals surface area (Å²) in [5.41, 5.74) is 1.38. The number of nitrogens with one attached hydrogen (secondary N) is 1. The minimum absolute atomic E-state index is 0.293. The molecule has 0 aliphatic carbocycles. The molecule has 0 saturated heterocycles. The molecule has 0 spiro atoms. The first-order valence-electron chi connectivity index (χ1n) is 6.54. The van der Waals surface area contributed by atoms with Crippen LogP contribution in [0.2, 0.25) is 0 Å². The van der Waals surface area contributed by atoms with Crippen molar-refractivity contribution in [3.05, 3.63) is 41.0 Å². The topological polar surface area (TPSA) is 47.0 Å². The second kappa shape index (κ2) is 5.86. The molecule has 1 aromatic heterocycles. The second-order valence-corrected chi connectivity index (χ2v) is 4.54. The van der Waals surface area contributed by atoms with Crippen LogP contribution in [0.1, 0.15) is 23.9 Å². The van der Waals surface area contributed by atoms with Crippen LogP contribution in [0, 0.1) is 19.7 Å². The van der Waals surface area contributed by atoms with Crippen molar-refractivity contribution in [3.63, 3.8) is 0 Å². The number of aryl methyl sites for hydroxylation is 2. The largest absolute Gasteiger partial charge is 0.438 e. The van der Waals surface area contributed by atoms with Crippen molar-refractivity contribution < 1.29 is 9.13 Å². The van der Waals surface area contributed by atoms with Gasteiger partial charge in [0.2, 0.25) is 5.88 Å². The summed E-state index contributed by atoms with van der Waals surface area (Å²) in [6.07, 6.45) is 0.702. The van der Waals surface area contributed by atoms with E-state index in [1.165, 1.54) is 6.07 Å². The highest BCUT2D eigenvalue weighted by Gasteiger charge is 2.12. The van der Waals surface area contributed by atoms with E-state index in [9.17, 15) is 4.39 Å². The van der Waals surface area contributed by atoms with Crippen molar-refractivity contribution in [1.29, 1.82) is 0 Å². The van der Waals surface area contributed by atoms with E-state index in [0.717, 1.165) is 11.4 Å². The van der Waals surface area contributed by atoms with Gasteiger partial charge in [-0.1, -0.05) is 13.0 Å². The third-order valence-corrected chi connectivity index (χ3v) is 3.06. The Hall–Kier alpha value is -2.17. The average molecular weight is 275 g/mol. The highest BCUT2D eigenvalue weighted by molar-refractivity contribution is 5.49. The molecule has 1 N–H and O–H groups in total. The molecule has 2 aromatic rings. The Morgan fingerprint density at radius 3 is 2.60 bits per heavy atom. The number of benzene rings is 1. The van der Waals surface area contributed by atoms with Crippen molar-refractivity contribution in [2.24, 2.45) is 0 Å². The Labute approximate surface area is 118 Å². The monoisotopic (exact) mass is 275 g/mol. The molecule has 0 aliphatic heterocycles. The van der Waals surface area contributed by atoms with Crippen molar-refractivity contribution >= 4 is 5.82 Å². The van der Waals surface area contributed by atoms with Crippen LogP contribution < -0.4 is 10.1 Å². The summed E-state index contributed by atoms with van der Waals surface area (Å²) in [6.45, 7) is 5.55. The molecule has 0 atom stereocenters. The van der Waals surface area contributed by atoms with E-state index in [4.69, 9.17) is 4.74 Å². The highest BCUT2D eigenvalue weighted by atomic mass is 19.1. The molecule has 0 saturated carbocycles. The Balaban J connectivity index is 2.39. The van der Waals surface area contributed by atoms with Crippen LogP contribution in [0.15, 0.2) is 18.2 Å².